The van der Waals surface area contributed by atoms with Crippen LogP contribution in [0.1, 0.15) is 59.6 Å². The Kier molecular flexibility index (Phi) is 5.93. The molecule has 1 amide bonds. The van der Waals surface area contributed by atoms with E-state index in [0.29, 0.717) is 41.7 Å². The van der Waals surface area contributed by atoms with E-state index in [2.05, 4.69) is 27.2 Å². The molecule has 4 aromatic rings. The third-order valence-corrected chi connectivity index (χ3v) is 8.05. The average Bonchev–Trinajstić information content (AvgIpc) is 3.43. The number of aromatic amines is 1. The highest BCUT2D eigenvalue weighted by molar-refractivity contribution is 6.06. The van der Waals surface area contributed by atoms with E-state index in [1.54, 1.807) is 11.2 Å². The molecular weight excluding hydrogens is 471 g/mol. The standard InChI is InChI=1S/C28H31FN6O2/c1-17-25(30-16-33(17)2)26-24(28(37)34-14-18(13-29)15-34)27-31-22(12-23(36)35(27)32-26)21-10-8-20(9-11-21)19-6-4-3-5-7-19/h8-12,16,18-19,31H,3-7,13-15H2,1-2H3. The first-order chi connectivity index (χ1) is 17.9. The Hall–Kier alpha value is -3.75. The molecule has 4 heterocycles. The Morgan fingerprint density at radius 2 is 1.84 bits per heavy atom. The molecule has 0 radical (unpaired) electrons. The number of carbonyl (C=O) groups is 1. The largest absolute Gasteiger partial charge is 0.339 e. The summed E-state index contributed by atoms with van der Waals surface area (Å²) in [5, 5.41) is 4.54. The summed E-state index contributed by atoms with van der Waals surface area (Å²) in [6.45, 7) is 2.13. The monoisotopic (exact) mass is 502 g/mol. The number of benzene rings is 1. The maximum Gasteiger partial charge on any atom is 0.274 e. The molecule has 6 rings (SSSR count). The van der Waals surface area contributed by atoms with E-state index in [1.807, 2.05) is 30.7 Å². The van der Waals surface area contributed by atoms with Gasteiger partial charge >= 0.3 is 0 Å². The van der Waals surface area contributed by atoms with E-state index >= 15 is 0 Å². The highest BCUT2D eigenvalue weighted by Gasteiger charge is 2.36. The predicted molar refractivity (Wildman–Crippen MR) is 139 cm³/mol. The number of aromatic nitrogens is 5. The number of amides is 1. The van der Waals surface area contributed by atoms with Crippen molar-refractivity contribution in [3.05, 3.63) is 63.8 Å². The van der Waals surface area contributed by atoms with E-state index in [4.69, 9.17) is 0 Å². The fourth-order valence-corrected chi connectivity index (χ4v) is 5.65. The van der Waals surface area contributed by atoms with Gasteiger partial charge in [-0.1, -0.05) is 43.5 Å². The van der Waals surface area contributed by atoms with Gasteiger partial charge in [-0.3, -0.25) is 14.0 Å². The Morgan fingerprint density at radius 3 is 2.49 bits per heavy atom. The minimum atomic E-state index is -0.456. The number of alkyl halides is 1. The topological polar surface area (TPSA) is 88.3 Å². The molecule has 192 valence electrons. The maximum absolute atomic E-state index is 13.6. The molecule has 0 spiro atoms. The van der Waals surface area contributed by atoms with E-state index in [1.165, 1.54) is 48.2 Å². The average molecular weight is 503 g/mol. The predicted octanol–water partition coefficient (Wildman–Crippen LogP) is 4.49. The van der Waals surface area contributed by atoms with Crippen LogP contribution >= 0.6 is 0 Å². The SMILES string of the molecule is Cc1c(-c2nn3c(=O)cc(-c4ccc(C5CCCCC5)cc4)[nH]c3c2C(=O)N2CC(CF)C2)ncn1C. The van der Waals surface area contributed by atoms with Crippen LogP contribution < -0.4 is 5.56 Å². The third kappa shape index (κ3) is 4.06. The molecule has 2 aliphatic rings. The normalized spacial score (nSPS) is 16.9. The zero-order valence-corrected chi connectivity index (χ0v) is 21.2. The minimum Gasteiger partial charge on any atom is -0.339 e. The summed E-state index contributed by atoms with van der Waals surface area (Å²) in [5.41, 5.74) is 4.83. The van der Waals surface area contributed by atoms with E-state index in [9.17, 15) is 14.0 Å². The number of halogens is 1. The molecule has 1 saturated heterocycles. The summed E-state index contributed by atoms with van der Waals surface area (Å²) in [6, 6.07) is 9.89. The first-order valence-corrected chi connectivity index (χ1v) is 13.0. The summed E-state index contributed by atoms with van der Waals surface area (Å²) in [6.07, 6.45) is 7.96. The second-order valence-electron chi connectivity index (χ2n) is 10.5. The number of likely N-dealkylation sites (tertiary alicyclic amines) is 1. The van der Waals surface area contributed by atoms with Crippen molar-refractivity contribution in [1.29, 1.82) is 0 Å². The Labute approximate surface area is 214 Å². The van der Waals surface area contributed by atoms with Crippen molar-refractivity contribution >= 4 is 11.6 Å². The van der Waals surface area contributed by atoms with Gasteiger partial charge in [-0.05, 0) is 36.8 Å². The highest BCUT2D eigenvalue weighted by Crippen LogP contribution is 2.34. The van der Waals surface area contributed by atoms with Crippen molar-refractivity contribution in [3.63, 3.8) is 0 Å². The Balaban J connectivity index is 1.45. The molecule has 3 aromatic heterocycles. The first kappa shape index (κ1) is 23.6. The molecule has 8 nitrogen and oxygen atoms in total. The van der Waals surface area contributed by atoms with Crippen LogP contribution in [0.25, 0.3) is 28.3 Å². The van der Waals surface area contributed by atoms with Crippen LogP contribution in [0.3, 0.4) is 0 Å². The van der Waals surface area contributed by atoms with Gasteiger partial charge < -0.3 is 14.5 Å². The zero-order chi connectivity index (χ0) is 25.7. The van der Waals surface area contributed by atoms with Crippen LogP contribution in [0.5, 0.6) is 0 Å². The molecule has 9 heteroatoms. The van der Waals surface area contributed by atoms with Crippen molar-refractivity contribution in [2.45, 2.75) is 44.9 Å². The van der Waals surface area contributed by atoms with Crippen molar-refractivity contribution in [2.24, 2.45) is 13.0 Å². The van der Waals surface area contributed by atoms with Crippen LogP contribution in [0.15, 0.2) is 41.5 Å². The van der Waals surface area contributed by atoms with Crippen LogP contribution in [0.2, 0.25) is 0 Å². The summed E-state index contributed by atoms with van der Waals surface area (Å²) in [4.78, 5) is 36.3. The number of rotatable bonds is 5. The lowest BCUT2D eigenvalue weighted by atomic mass is 9.84. The van der Waals surface area contributed by atoms with Gasteiger partial charge in [-0.2, -0.15) is 9.61 Å². The number of nitrogens with zero attached hydrogens (tertiary/aromatic N) is 5. The van der Waals surface area contributed by atoms with Crippen LogP contribution in [-0.4, -0.2) is 54.7 Å². The summed E-state index contributed by atoms with van der Waals surface area (Å²) in [5.74, 6) is 0.167. The minimum absolute atomic E-state index is 0.150. The Morgan fingerprint density at radius 1 is 1.11 bits per heavy atom. The number of imidazole rings is 1. The van der Waals surface area contributed by atoms with Gasteiger partial charge in [0, 0.05) is 37.8 Å². The molecule has 0 unspecified atom stereocenters. The smallest absolute Gasteiger partial charge is 0.274 e. The number of H-pyrrole nitrogens is 1. The maximum atomic E-state index is 13.6. The molecule has 1 aromatic carbocycles. The van der Waals surface area contributed by atoms with Gasteiger partial charge in [-0.15, -0.1) is 0 Å². The van der Waals surface area contributed by atoms with E-state index in [-0.39, 0.29) is 22.9 Å². The number of hydrogen-bond acceptors (Lipinski definition) is 4. The first-order valence-electron chi connectivity index (χ1n) is 13.0. The van der Waals surface area contributed by atoms with Crippen molar-refractivity contribution in [1.82, 2.24) is 29.0 Å². The molecule has 0 bridgehead atoms. The molecule has 1 aliphatic heterocycles. The van der Waals surface area contributed by atoms with Crippen molar-refractivity contribution < 1.29 is 9.18 Å². The molecule has 1 N–H and O–H groups in total. The fraction of sp³-hybridized carbons (Fsp3) is 0.429. The molecule has 1 saturated carbocycles. The van der Waals surface area contributed by atoms with E-state index in [0.717, 1.165) is 11.3 Å². The van der Waals surface area contributed by atoms with Gasteiger partial charge in [-0.25, -0.2) is 4.98 Å². The molecule has 37 heavy (non-hydrogen) atoms. The lowest BCUT2D eigenvalue weighted by Crippen LogP contribution is -2.50. The second-order valence-corrected chi connectivity index (χ2v) is 10.5. The summed E-state index contributed by atoms with van der Waals surface area (Å²) >= 11 is 0. The molecule has 1 aliphatic carbocycles. The number of hydrogen-bond donors (Lipinski definition) is 1. The van der Waals surface area contributed by atoms with Crippen LogP contribution in [0, 0.1) is 12.8 Å². The van der Waals surface area contributed by atoms with Crippen LogP contribution in [-0.2, 0) is 7.05 Å². The highest BCUT2D eigenvalue weighted by atomic mass is 19.1. The van der Waals surface area contributed by atoms with Gasteiger partial charge in [0.2, 0.25) is 0 Å². The summed E-state index contributed by atoms with van der Waals surface area (Å²) in [7, 11) is 1.87. The summed E-state index contributed by atoms with van der Waals surface area (Å²) < 4.78 is 16.2. The number of aryl methyl sites for hydroxylation is 1. The van der Waals surface area contributed by atoms with Gasteiger partial charge in [0.15, 0.2) is 5.65 Å². The van der Waals surface area contributed by atoms with Gasteiger partial charge in [0.25, 0.3) is 11.5 Å². The molecule has 0 atom stereocenters. The fourth-order valence-electron chi connectivity index (χ4n) is 5.65. The zero-order valence-electron chi connectivity index (χ0n) is 21.2. The van der Waals surface area contributed by atoms with E-state index < -0.39 is 6.67 Å². The quantitative estimate of drug-likeness (QED) is 0.436. The lowest BCUT2D eigenvalue weighted by molar-refractivity contribution is 0.0455. The van der Waals surface area contributed by atoms with Gasteiger partial charge in [0.1, 0.15) is 17.0 Å². The van der Waals surface area contributed by atoms with Crippen molar-refractivity contribution in [3.8, 4) is 22.6 Å². The molecule has 2 fully saturated rings. The van der Waals surface area contributed by atoms with Crippen molar-refractivity contribution in [2.75, 3.05) is 19.8 Å². The Bertz CT molecular complexity index is 1520. The molecular formula is C28H31FN6O2. The second kappa shape index (κ2) is 9.28. The lowest BCUT2D eigenvalue weighted by Gasteiger charge is -2.37. The number of nitrogens with one attached hydrogen (secondary N) is 1. The number of fused-ring (bicyclic) bond motifs is 1. The van der Waals surface area contributed by atoms with Gasteiger partial charge in [0.05, 0.1) is 18.7 Å². The number of carbonyl (C=O) groups excluding carboxylic acids is 1. The third-order valence-electron chi connectivity index (χ3n) is 8.05. The van der Waals surface area contributed by atoms with Crippen LogP contribution in [0.4, 0.5) is 4.39 Å².